The average molecular weight is 351 g/mol. The molecule has 0 radical (unpaired) electrons. The third-order valence-electron chi connectivity index (χ3n) is 2.83. The number of benzene rings is 1. The van der Waals surface area contributed by atoms with Gasteiger partial charge >= 0.3 is 0 Å². The van der Waals surface area contributed by atoms with E-state index in [1.165, 1.54) is 18.2 Å². The maximum absolute atomic E-state index is 11.9. The fraction of sp³-hybridized carbons (Fsp3) is 0.364. The number of hydrogen-bond acceptors (Lipinski definition) is 4. The van der Waals surface area contributed by atoms with E-state index in [9.17, 15) is 14.9 Å². The van der Waals surface area contributed by atoms with Crippen LogP contribution in [0.25, 0.3) is 0 Å². The topological polar surface area (TPSA) is 84.3 Å². The van der Waals surface area contributed by atoms with Crippen molar-refractivity contribution in [1.29, 1.82) is 0 Å². The predicted molar refractivity (Wildman–Crippen MR) is 76.7 cm³/mol. The van der Waals surface area contributed by atoms with Gasteiger partial charge < -0.3 is 10.6 Å². The molecular weight excluding hydrogens is 337 g/mol. The molecule has 1 amide bonds. The van der Waals surface area contributed by atoms with Gasteiger partial charge in [-0.1, -0.05) is 0 Å². The number of nitro benzene ring substituents is 1. The van der Waals surface area contributed by atoms with Crippen molar-refractivity contribution in [1.82, 2.24) is 10.6 Å². The van der Waals surface area contributed by atoms with Crippen LogP contribution in [0.2, 0.25) is 0 Å². The zero-order valence-electron chi connectivity index (χ0n) is 9.89. The number of rotatable bonds is 4. The summed E-state index contributed by atoms with van der Waals surface area (Å²) in [6.45, 7) is 2.46. The highest BCUT2D eigenvalue weighted by Gasteiger charge is 2.19. The quantitative estimate of drug-likeness (QED) is 0.640. The SMILES string of the molecule is Cl.O=C(NCC1CNC1)c1ccc([N+](=O)[O-])cc1Br. The Labute approximate surface area is 124 Å². The van der Waals surface area contributed by atoms with Crippen molar-refractivity contribution in [3.63, 3.8) is 0 Å². The van der Waals surface area contributed by atoms with E-state index in [2.05, 4.69) is 26.6 Å². The van der Waals surface area contributed by atoms with Gasteiger partial charge in [-0.3, -0.25) is 14.9 Å². The Morgan fingerprint density at radius 1 is 1.53 bits per heavy atom. The van der Waals surface area contributed by atoms with Crippen LogP contribution in [0.1, 0.15) is 10.4 Å². The molecular formula is C11H13BrClN3O3. The zero-order chi connectivity index (χ0) is 13.1. The van der Waals surface area contributed by atoms with Crippen molar-refractivity contribution in [2.75, 3.05) is 19.6 Å². The molecule has 1 heterocycles. The molecule has 1 aliphatic heterocycles. The molecule has 0 unspecified atom stereocenters. The summed E-state index contributed by atoms with van der Waals surface area (Å²) in [5.74, 6) is 0.259. The third-order valence-corrected chi connectivity index (χ3v) is 3.48. The fourth-order valence-electron chi connectivity index (χ4n) is 1.63. The Balaban J connectivity index is 0.00000180. The summed E-state index contributed by atoms with van der Waals surface area (Å²) in [5.41, 5.74) is 0.370. The molecule has 0 aliphatic carbocycles. The fourth-order valence-corrected chi connectivity index (χ4v) is 2.17. The van der Waals surface area contributed by atoms with Crippen LogP contribution >= 0.6 is 28.3 Å². The maximum atomic E-state index is 11.9. The van der Waals surface area contributed by atoms with Gasteiger partial charge in [0, 0.05) is 42.2 Å². The van der Waals surface area contributed by atoms with Gasteiger partial charge in [-0.2, -0.15) is 0 Å². The lowest BCUT2D eigenvalue weighted by Gasteiger charge is -2.27. The number of nitro groups is 1. The minimum absolute atomic E-state index is 0. The minimum atomic E-state index is -0.494. The molecule has 19 heavy (non-hydrogen) atoms. The Morgan fingerprint density at radius 2 is 2.21 bits per heavy atom. The van der Waals surface area contributed by atoms with E-state index in [1.807, 2.05) is 0 Å². The second-order valence-corrected chi connectivity index (χ2v) is 5.01. The molecule has 1 aromatic rings. The molecule has 1 aliphatic rings. The number of carbonyl (C=O) groups is 1. The summed E-state index contributed by atoms with van der Waals surface area (Å²) < 4.78 is 0.431. The van der Waals surface area contributed by atoms with Gasteiger partial charge in [0.05, 0.1) is 10.5 Å². The first-order valence-electron chi connectivity index (χ1n) is 5.51. The van der Waals surface area contributed by atoms with E-state index < -0.39 is 4.92 Å². The second-order valence-electron chi connectivity index (χ2n) is 4.16. The van der Waals surface area contributed by atoms with Crippen LogP contribution in [0.15, 0.2) is 22.7 Å². The van der Waals surface area contributed by atoms with E-state index >= 15 is 0 Å². The molecule has 1 saturated heterocycles. The number of non-ortho nitro benzene ring substituents is 1. The van der Waals surface area contributed by atoms with E-state index in [1.54, 1.807) is 0 Å². The van der Waals surface area contributed by atoms with Gasteiger partial charge in [0.25, 0.3) is 11.6 Å². The van der Waals surface area contributed by atoms with Crippen LogP contribution in [-0.2, 0) is 0 Å². The smallest absolute Gasteiger partial charge is 0.270 e. The summed E-state index contributed by atoms with van der Waals surface area (Å²) in [5, 5.41) is 16.5. The lowest BCUT2D eigenvalue weighted by atomic mass is 10.0. The zero-order valence-corrected chi connectivity index (χ0v) is 12.3. The predicted octanol–water partition coefficient (Wildman–Crippen LogP) is 1.73. The molecule has 0 bridgehead atoms. The third kappa shape index (κ3) is 3.89. The lowest BCUT2D eigenvalue weighted by molar-refractivity contribution is -0.384. The van der Waals surface area contributed by atoms with Gasteiger partial charge in [0.2, 0.25) is 0 Å². The van der Waals surface area contributed by atoms with Gasteiger partial charge in [-0.25, -0.2) is 0 Å². The Morgan fingerprint density at radius 3 is 2.68 bits per heavy atom. The highest BCUT2D eigenvalue weighted by molar-refractivity contribution is 9.10. The molecule has 2 rings (SSSR count). The van der Waals surface area contributed by atoms with Crippen molar-refractivity contribution in [2.24, 2.45) is 5.92 Å². The van der Waals surface area contributed by atoms with E-state index in [-0.39, 0.29) is 24.0 Å². The van der Waals surface area contributed by atoms with Gasteiger partial charge in [-0.05, 0) is 22.0 Å². The molecule has 0 saturated carbocycles. The average Bonchev–Trinajstić information content (AvgIpc) is 2.26. The van der Waals surface area contributed by atoms with E-state index in [0.717, 1.165) is 13.1 Å². The van der Waals surface area contributed by atoms with Crippen molar-refractivity contribution in [3.05, 3.63) is 38.3 Å². The summed E-state index contributed by atoms with van der Waals surface area (Å²) in [6.07, 6.45) is 0. The standard InChI is InChI=1S/C11H12BrN3O3.ClH/c12-10-3-8(15(17)18)1-2-9(10)11(16)14-6-7-4-13-5-7;/h1-3,7,13H,4-6H2,(H,14,16);1H. The normalized spacial score (nSPS) is 14.2. The number of halogens is 2. The van der Waals surface area contributed by atoms with Gasteiger partial charge in [0.15, 0.2) is 0 Å². The van der Waals surface area contributed by atoms with E-state index in [4.69, 9.17) is 0 Å². The molecule has 8 heteroatoms. The van der Waals surface area contributed by atoms with Crippen molar-refractivity contribution >= 4 is 39.9 Å². The highest BCUT2D eigenvalue weighted by atomic mass is 79.9. The molecule has 0 atom stereocenters. The lowest BCUT2D eigenvalue weighted by Crippen LogP contribution is -2.48. The highest BCUT2D eigenvalue weighted by Crippen LogP contribution is 2.22. The number of nitrogens with one attached hydrogen (secondary N) is 2. The van der Waals surface area contributed by atoms with Crippen LogP contribution < -0.4 is 10.6 Å². The summed E-state index contributed by atoms with van der Waals surface area (Å²) in [4.78, 5) is 21.9. The van der Waals surface area contributed by atoms with Gasteiger partial charge in [-0.15, -0.1) is 12.4 Å². The monoisotopic (exact) mass is 349 g/mol. The summed E-state index contributed by atoms with van der Waals surface area (Å²) in [7, 11) is 0. The second kappa shape index (κ2) is 6.83. The summed E-state index contributed by atoms with van der Waals surface area (Å²) in [6, 6.07) is 4.11. The van der Waals surface area contributed by atoms with Crippen molar-refractivity contribution in [2.45, 2.75) is 0 Å². The molecule has 1 fully saturated rings. The number of hydrogen-bond donors (Lipinski definition) is 2. The molecule has 0 spiro atoms. The van der Waals surface area contributed by atoms with Gasteiger partial charge in [0.1, 0.15) is 0 Å². The van der Waals surface area contributed by atoms with E-state index in [0.29, 0.717) is 22.5 Å². The molecule has 1 aromatic carbocycles. The Bertz CT molecular complexity index is 494. The van der Waals surface area contributed by atoms with Crippen LogP contribution in [0.3, 0.4) is 0 Å². The number of carbonyl (C=O) groups excluding carboxylic acids is 1. The molecule has 104 valence electrons. The van der Waals surface area contributed by atoms with Crippen LogP contribution in [0.5, 0.6) is 0 Å². The van der Waals surface area contributed by atoms with Crippen molar-refractivity contribution in [3.8, 4) is 0 Å². The first-order valence-corrected chi connectivity index (χ1v) is 6.30. The molecule has 6 nitrogen and oxygen atoms in total. The first-order chi connectivity index (χ1) is 8.58. The van der Waals surface area contributed by atoms with Crippen molar-refractivity contribution < 1.29 is 9.72 Å². The first kappa shape index (κ1) is 15.9. The van der Waals surface area contributed by atoms with Crippen LogP contribution in [0.4, 0.5) is 5.69 Å². The van der Waals surface area contributed by atoms with Crippen LogP contribution in [-0.4, -0.2) is 30.5 Å². The Kier molecular flexibility index (Phi) is 5.71. The van der Waals surface area contributed by atoms with Crippen LogP contribution in [0, 0.1) is 16.0 Å². The largest absolute Gasteiger partial charge is 0.352 e. The minimum Gasteiger partial charge on any atom is -0.352 e. The molecule has 0 aromatic heterocycles. The number of nitrogens with zero attached hydrogens (tertiary/aromatic N) is 1. The summed E-state index contributed by atoms with van der Waals surface area (Å²) >= 11 is 3.18. The molecule has 2 N–H and O–H groups in total. The number of amides is 1. The maximum Gasteiger partial charge on any atom is 0.270 e. The Hall–Kier alpha value is -1.18.